The summed E-state index contributed by atoms with van der Waals surface area (Å²) in [5.74, 6) is -7.17. The maximum atomic E-state index is 13.5. The number of carbonyl (C=O) groups is 3. The number of carbonyl (C=O) groups excluding carboxylic acids is 1. The highest BCUT2D eigenvalue weighted by atomic mass is 33.1. The monoisotopic (exact) mass is 441 g/mol. The summed E-state index contributed by atoms with van der Waals surface area (Å²) in [4.78, 5) is 30.9. The molecule has 1 unspecified atom stereocenters. The maximum absolute atomic E-state index is 13.5. The first-order valence-corrected chi connectivity index (χ1v) is 10.3. The molecule has 3 N–H and O–H groups in total. The zero-order valence-corrected chi connectivity index (χ0v) is 15.7. The number of amides is 1. The van der Waals surface area contributed by atoms with Gasteiger partial charge in [0.25, 0.3) is 5.92 Å². The summed E-state index contributed by atoms with van der Waals surface area (Å²) in [6.45, 7) is 0.330. The highest BCUT2D eigenvalue weighted by molar-refractivity contribution is 8.76. The van der Waals surface area contributed by atoms with Gasteiger partial charge in [-0.05, 0) is 12.8 Å². The van der Waals surface area contributed by atoms with E-state index in [9.17, 15) is 31.5 Å². The van der Waals surface area contributed by atoms with Gasteiger partial charge in [0.1, 0.15) is 5.92 Å². The minimum absolute atomic E-state index is 0.0956. The Morgan fingerprint density at radius 3 is 2.11 bits per heavy atom. The van der Waals surface area contributed by atoms with Gasteiger partial charge in [0, 0.05) is 24.5 Å². The highest BCUT2D eigenvalue weighted by Crippen LogP contribution is 2.38. The van der Waals surface area contributed by atoms with Crippen LogP contribution in [0.15, 0.2) is 0 Å². The summed E-state index contributed by atoms with van der Waals surface area (Å²) in [6, 6.07) is 0. The quantitative estimate of drug-likeness (QED) is 0.301. The lowest BCUT2D eigenvalue weighted by Gasteiger charge is -2.30. The molecule has 1 saturated carbocycles. The number of rotatable bonds is 8. The zero-order valence-electron chi connectivity index (χ0n) is 14.1. The van der Waals surface area contributed by atoms with E-state index in [-0.39, 0.29) is 19.3 Å². The molecule has 0 saturated heterocycles. The van der Waals surface area contributed by atoms with Crippen molar-refractivity contribution in [2.75, 3.05) is 18.1 Å². The van der Waals surface area contributed by atoms with Gasteiger partial charge in [-0.1, -0.05) is 28.0 Å². The van der Waals surface area contributed by atoms with Crippen molar-refractivity contribution in [1.29, 1.82) is 0 Å². The summed E-state index contributed by atoms with van der Waals surface area (Å²) in [7, 11) is 2.84. The first-order chi connectivity index (χ1) is 12.4. The van der Waals surface area contributed by atoms with Gasteiger partial charge in [0.05, 0.1) is 6.42 Å². The van der Waals surface area contributed by atoms with Gasteiger partial charge in [-0.25, -0.2) is 13.6 Å². The Balaban J connectivity index is 0.000000821. The van der Waals surface area contributed by atoms with E-state index in [4.69, 9.17) is 15.0 Å². The van der Waals surface area contributed by atoms with E-state index >= 15 is 0 Å². The van der Waals surface area contributed by atoms with Gasteiger partial charge < -0.3 is 15.5 Å². The predicted molar refractivity (Wildman–Crippen MR) is 90.8 cm³/mol. The summed E-state index contributed by atoms with van der Waals surface area (Å²) < 4.78 is 58.8. The smallest absolute Gasteiger partial charge is 0.481 e. The number of hydrogen-bond donors (Lipinski definition) is 3. The number of nitrogens with one attached hydrogen (secondary N) is 1. The average molecular weight is 441 g/mol. The second kappa shape index (κ2) is 12.3. The molecular weight excluding hydrogens is 421 g/mol. The van der Waals surface area contributed by atoms with Crippen molar-refractivity contribution in [3.63, 3.8) is 0 Å². The van der Waals surface area contributed by atoms with E-state index in [1.54, 1.807) is 0 Å². The van der Waals surface area contributed by atoms with Crippen molar-refractivity contribution in [3.05, 3.63) is 0 Å². The Bertz CT molecular complexity index is 505. The van der Waals surface area contributed by atoms with Crippen LogP contribution in [-0.4, -0.2) is 58.2 Å². The first-order valence-electron chi connectivity index (χ1n) is 7.79. The fourth-order valence-electron chi connectivity index (χ4n) is 2.00. The summed E-state index contributed by atoms with van der Waals surface area (Å²) in [5.41, 5.74) is 0. The number of aliphatic carboxylic acids is 2. The average Bonchev–Trinajstić information content (AvgIpc) is 2.52. The van der Waals surface area contributed by atoms with Crippen LogP contribution in [-0.2, 0) is 14.4 Å². The lowest BCUT2D eigenvalue weighted by Crippen LogP contribution is -2.44. The van der Waals surface area contributed by atoms with Crippen LogP contribution in [0, 0.1) is 5.92 Å². The molecule has 0 aliphatic heterocycles. The van der Waals surface area contributed by atoms with Crippen molar-refractivity contribution in [3.8, 4) is 0 Å². The Kier molecular flexibility index (Phi) is 11.7. The Morgan fingerprint density at radius 1 is 1.07 bits per heavy atom. The molecule has 0 bridgehead atoms. The maximum Gasteiger partial charge on any atom is 0.490 e. The largest absolute Gasteiger partial charge is 0.490 e. The lowest BCUT2D eigenvalue weighted by atomic mass is 9.85. The van der Waals surface area contributed by atoms with Crippen LogP contribution in [0.3, 0.4) is 0 Å². The molecule has 6 nitrogen and oxygen atoms in total. The van der Waals surface area contributed by atoms with Crippen LogP contribution in [0.25, 0.3) is 0 Å². The fourth-order valence-corrected chi connectivity index (χ4v) is 3.89. The lowest BCUT2D eigenvalue weighted by molar-refractivity contribution is -0.192. The zero-order chi connectivity index (χ0) is 21.1. The molecule has 1 fully saturated rings. The SMILES string of the molecule is O=C(O)C(F)(F)F.O=C(O)CCSSCCNC(=O)C1CCCCC1(F)F. The Labute approximate surface area is 160 Å². The van der Waals surface area contributed by atoms with Crippen LogP contribution >= 0.6 is 21.6 Å². The van der Waals surface area contributed by atoms with Crippen LogP contribution < -0.4 is 5.32 Å². The molecular formula is C14H20F5NO5S2. The molecule has 0 aromatic rings. The number of halogens is 5. The van der Waals surface area contributed by atoms with Gasteiger partial charge in [-0.2, -0.15) is 13.2 Å². The van der Waals surface area contributed by atoms with Crippen molar-refractivity contribution in [1.82, 2.24) is 5.32 Å². The third-order valence-corrected chi connectivity index (χ3v) is 5.70. The molecule has 1 aliphatic rings. The third kappa shape index (κ3) is 12.0. The molecule has 1 atom stereocenters. The minimum atomic E-state index is -5.08. The van der Waals surface area contributed by atoms with Crippen LogP contribution in [0.4, 0.5) is 22.0 Å². The van der Waals surface area contributed by atoms with Crippen LogP contribution in [0.1, 0.15) is 32.1 Å². The predicted octanol–water partition coefficient (Wildman–Crippen LogP) is 3.42. The van der Waals surface area contributed by atoms with E-state index in [0.717, 1.165) is 0 Å². The van der Waals surface area contributed by atoms with E-state index in [2.05, 4.69) is 5.32 Å². The van der Waals surface area contributed by atoms with Crippen molar-refractivity contribution in [2.24, 2.45) is 5.92 Å². The summed E-state index contributed by atoms with van der Waals surface area (Å²) in [6.07, 6.45) is -3.79. The molecule has 1 amide bonds. The van der Waals surface area contributed by atoms with Gasteiger partial charge in [0.15, 0.2) is 0 Å². The Morgan fingerprint density at radius 2 is 1.63 bits per heavy atom. The number of alkyl halides is 5. The standard InChI is InChI=1S/C12H19F2NO3S2.C2HF3O2/c13-12(14)5-2-1-3-9(12)11(18)15-6-8-20-19-7-4-10(16)17;3-2(4,5)1(6)7/h9H,1-8H2,(H,15,18)(H,16,17);(H,6,7). The molecule has 158 valence electrons. The van der Waals surface area contributed by atoms with Crippen molar-refractivity contribution < 1.29 is 46.5 Å². The van der Waals surface area contributed by atoms with E-state index in [1.165, 1.54) is 21.6 Å². The van der Waals surface area contributed by atoms with Gasteiger partial charge >= 0.3 is 18.1 Å². The molecule has 0 heterocycles. The highest BCUT2D eigenvalue weighted by Gasteiger charge is 2.45. The fraction of sp³-hybridized carbons (Fsp3) is 0.786. The van der Waals surface area contributed by atoms with Crippen molar-refractivity contribution >= 4 is 39.4 Å². The summed E-state index contributed by atoms with van der Waals surface area (Å²) >= 11 is 0. The Hall–Kier alpha value is -1.24. The van der Waals surface area contributed by atoms with E-state index < -0.39 is 35.9 Å². The van der Waals surface area contributed by atoms with E-state index in [0.29, 0.717) is 30.9 Å². The second-order valence-corrected chi connectivity index (χ2v) is 8.14. The third-order valence-electron chi connectivity index (χ3n) is 3.29. The first kappa shape index (κ1) is 25.8. The topological polar surface area (TPSA) is 104 Å². The van der Waals surface area contributed by atoms with Gasteiger partial charge in [-0.3, -0.25) is 9.59 Å². The molecule has 1 aliphatic carbocycles. The number of carboxylic acid groups (broad SMARTS) is 2. The molecule has 13 heteroatoms. The van der Waals surface area contributed by atoms with Crippen LogP contribution in [0.5, 0.6) is 0 Å². The normalized spacial score (nSPS) is 18.8. The molecule has 0 radical (unpaired) electrons. The minimum Gasteiger partial charge on any atom is -0.481 e. The van der Waals surface area contributed by atoms with Crippen molar-refractivity contribution in [2.45, 2.75) is 44.2 Å². The van der Waals surface area contributed by atoms with Crippen LogP contribution in [0.2, 0.25) is 0 Å². The summed E-state index contributed by atoms with van der Waals surface area (Å²) in [5, 5.41) is 18.1. The van der Waals surface area contributed by atoms with Gasteiger partial charge in [-0.15, -0.1) is 0 Å². The molecule has 0 aromatic heterocycles. The molecule has 1 rings (SSSR count). The number of hydrogen-bond acceptors (Lipinski definition) is 5. The molecule has 0 spiro atoms. The van der Waals surface area contributed by atoms with Gasteiger partial charge in [0.2, 0.25) is 5.91 Å². The second-order valence-electron chi connectivity index (χ2n) is 5.44. The number of carboxylic acids is 2. The van der Waals surface area contributed by atoms with E-state index in [1.807, 2.05) is 0 Å². The molecule has 27 heavy (non-hydrogen) atoms. The molecule has 0 aromatic carbocycles.